The number of nitrogens with two attached hydrogens (primary N) is 1. The minimum atomic E-state index is -0.918. The quantitative estimate of drug-likeness (QED) is 0.654. The fraction of sp³-hybridized carbons (Fsp3) is 0.300. The summed E-state index contributed by atoms with van der Waals surface area (Å²) in [5.41, 5.74) is 7.19. The average molecular weight is 193 g/mol. The lowest BCUT2D eigenvalue weighted by Crippen LogP contribution is -2.30. The van der Waals surface area contributed by atoms with E-state index in [1.165, 1.54) is 0 Å². The number of carboxylic acids is 1. The molecule has 4 heteroatoms. The molecule has 0 saturated heterocycles. The van der Waals surface area contributed by atoms with E-state index in [0.717, 1.165) is 12.0 Å². The van der Waals surface area contributed by atoms with Crippen molar-refractivity contribution in [3.63, 3.8) is 0 Å². The van der Waals surface area contributed by atoms with Gasteiger partial charge in [0.2, 0.25) is 0 Å². The lowest BCUT2D eigenvalue weighted by atomic mass is 10.0. The van der Waals surface area contributed by atoms with Crippen LogP contribution in [0, 0.1) is 0 Å². The van der Waals surface area contributed by atoms with Crippen LogP contribution in [0.4, 0.5) is 5.69 Å². The summed E-state index contributed by atoms with van der Waals surface area (Å²) in [5, 5.41) is 8.78. The standard InChI is InChI=1S/C10H11NO3/c11-7-3-1-6-2-4-8(10(12)13)14-9(6)5-7/h1,3,5,8H,2,4,11H2,(H,12,13)/t8-/m1/s1. The minimum Gasteiger partial charge on any atom is -0.479 e. The normalized spacial score (nSPS) is 19.6. The Kier molecular flexibility index (Phi) is 2.04. The Labute approximate surface area is 81.3 Å². The van der Waals surface area contributed by atoms with E-state index < -0.39 is 12.1 Å². The van der Waals surface area contributed by atoms with Gasteiger partial charge < -0.3 is 15.6 Å². The lowest BCUT2D eigenvalue weighted by molar-refractivity contribution is -0.145. The maximum Gasteiger partial charge on any atom is 0.344 e. The zero-order valence-corrected chi connectivity index (χ0v) is 7.56. The highest BCUT2D eigenvalue weighted by Gasteiger charge is 2.25. The molecule has 14 heavy (non-hydrogen) atoms. The Morgan fingerprint density at radius 2 is 2.36 bits per heavy atom. The average Bonchev–Trinajstić information content (AvgIpc) is 2.16. The fourth-order valence-corrected chi connectivity index (χ4v) is 1.56. The van der Waals surface area contributed by atoms with Crippen LogP contribution in [0.5, 0.6) is 5.75 Å². The molecule has 1 atom stereocenters. The lowest BCUT2D eigenvalue weighted by Gasteiger charge is -2.23. The zero-order chi connectivity index (χ0) is 10.1. The molecule has 1 heterocycles. The molecule has 0 spiro atoms. The van der Waals surface area contributed by atoms with E-state index >= 15 is 0 Å². The maximum atomic E-state index is 10.7. The van der Waals surface area contributed by atoms with Gasteiger partial charge >= 0.3 is 5.97 Å². The molecule has 0 aliphatic carbocycles. The van der Waals surface area contributed by atoms with E-state index in [-0.39, 0.29) is 0 Å². The van der Waals surface area contributed by atoms with Crippen molar-refractivity contribution >= 4 is 11.7 Å². The van der Waals surface area contributed by atoms with E-state index in [1.54, 1.807) is 12.1 Å². The van der Waals surface area contributed by atoms with Crippen LogP contribution in [-0.2, 0) is 11.2 Å². The molecule has 0 radical (unpaired) electrons. The van der Waals surface area contributed by atoms with E-state index in [9.17, 15) is 4.79 Å². The zero-order valence-electron chi connectivity index (χ0n) is 7.56. The van der Waals surface area contributed by atoms with Crippen LogP contribution in [-0.4, -0.2) is 17.2 Å². The van der Waals surface area contributed by atoms with Crippen molar-refractivity contribution < 1.29 is 14.6 Å². The van der Waals surface area contributed by atoms with Crippen molar-refractivity contribution in [3.8, 4) is 5.75 Å². The fourth-order valence-electron chi connectivity index (χ4n) is 1.56. The third-order valence-corrected chi connectivity index (χ3v) is 2.31. The SMILES string of the molecule is Nc1ccc2c(c1)O[C@@H](C(=O)O)CC2. The van der Waals surface area contributed by atoms with Crippen molar-refractivity contribution in [1.29, 1.82) is 0 Å². The first-order chi connectivity index (χ1) is 6.66. The number of carbonyl (C=O) groups is 1. The first-order valence-corrected chi connectivity index (χ1v) is 4.44. The predicted octanol–water partition coefficient (Wildman–Crippen LogP) is 1.05. The van der Waals surface area contributed by atoms with Crippen molar-refractivity contribution in [3.05, 3.63) is 23.8 Å². The Bertz CT molecular complexity index is 376. The van der Waals surface area contributed by atoms with Gasteiger partial charge in [-0.1, -0.05) is 6.07 Å². The third kappa shape index (κ3) is 1.51. The largest absolute Gasteiger partial charge is 0.479 e. The van der Waals surface area contributed by atoms with Crippen LogP contribution in [0.2, 0.25) is 0 Å². The van der Waals surface area contributed by atoms with Gasteiger partial charge in [-0.05, 0) is 24.5 Å². The number of benzene rings is 1. The van der Waals surface area contributed by atoms with Crippen LogP contribution in [0.3, 0.4) is 0 Å². The molecule has 1 aliphatic rings. The van der Waals surface area contributed by atoms with Gasteiger partial charge in [0.1, 0.15) is 5.75 Å². The van der Waals surface area contributed by atoms with Gasteiger partial charge in [0.05, 0.1) is 0 Å². The topological polar surface area (TPSA) is 72.5 Å². The van der Waals surface area contributed by atoms with Crippen LogP contribution >= 0.6 is 0 Å². The number of ether oxygens (including phenoxy) is 1. The van der Waals surface area contributed by atoms with Crippen LogP contribution in [0.1, 0.15) is 12.0 Å². The molecule has 1 aromatic rings. The molecule has 0 amide bonds. The highest BCUT2D eigenvalue weighted by Crippen LogP contribution is 2.29. The number of hydrogen-bond donors (Lipinski definition) is 2. The number of hydrogen-bond acceptors (Lipinski definition) is 3. The summed E-state index contributed by atoms with van der Waals surface area (Å²) < 4.78 is 5.29. The van der Waals surface area contributed by atoms with Gasteiger partial charge in [0.15, 0.2) is 6.10 Å². The number of aliphatic carboxylic acids is 1. The van der Waals surface area contributed by atoms with Crippen LogP contribution in [0.25, 0.3) is 0 Å². The van der Waals surface area contributed by atoms with Crippen molar-refractivity contribution in [1.82, 2.24) is 0 Å². The molecule has 0 fully saturated rings. The second-order valence-electron chi connectivity index (χ2n) is 3.35. The van der Waals surface area contributed by atoms with Gasteiger partial charge in [-0.25, -0.2) is 4.79 Å². The maximum absolute atomic E-state index is 10.7. The number of anilines is 1. The molecule has 0 bridgehead atoms. The van der Waals surface area contributed by atoms with Gasteiger partial charge in [0, 0.05) is 11.8 Å². The highest BCUT2D eigenvalue weighted by atomic mass is 16.5. The summed E-state index contributed by atoms with van der Waals surface area (Å²) in [4.78, 5) is 10.7. The summed E-state index contributed by atoms with van der Waals surface area (Å²) in [6.07, 6.45) is 0.517. The number of aryl methyl sites for hydroxylation is 1. The van der Waals surface area contributed by atoms with Gasteiger partial charge in [-0.15, -0.1) is 0 Å². The molecule has 2 rings (SSSR count). The molecule has 74 valence electrons. The van der Waals surface area contributed by atoms with Crippen molar-refractivity contribution in [2.24, 2.45) is 0 Å². The Morgan fingerprint density at radius 1 is 1.57 bits per heavy atom. The number of nitrogen functional groups attached to an aromatic ring is 1. The van der Waals surface area contributed by atoms with Gasteiger partial charge in [-0.2, -0.15) is 0 Å². The predicted molar refractivity (Wildman–Crippen MR) is 51.2 cm³/mol. The molecule has 0 aromatic heterocycles. The number of fused-ring (bicyclic) bond motifs is 1. The molecule has 1 aromatic carbocycles. The summed E-state index contributed by atoms with van der Waals surface area (Å²) >= 11 is 0. The minimum absolute atomic E-state index is 0.520. The van der Waals surface area contributed by atoms with Gasteiger partial charge in [-0.3, -0.25) is 0 Å². The molecule has 4 nitrogen and oxygen atoms in total. The Balaban J connectivity index is 2.29. The van der Waals surface area contributed by atoms with E-state index in [2.05, 4.69) is 0 Å². The number of carboxylic acid groups (broad SMARTS) is 1. The molecule has 3 N–H and O–H groups in total. The van der Waals surface area contributed by atoms with Crippen molar-refractivity contribution in [2.45, 2.75) is 18.9 Å². The Morgan fingerprint density at radius 3 is 3.07 bits per heavy atom. The van der Waals surface area contributed by atoms with E-state index in [1.807, 2.05) is 6.07 Å². The molecule has 1 aliphatic heterocycles. The van der Waals surface area contributed by atoms with E-state index in [0.29, 0.717) is 17.9 Å². The molecule has 0 unspecified atom stereocenters. The van der Waals surface area contributed by atoms with Crippen LogP contribution in [0.15, 0.2) is 18.2 Å². The molecule has 0 saturated carbocycles. The monoisotopic (exact) mass is 193 g/mol. The second-order valence-corrected chi connectivity index (χ2v) is 3.35. The highest BCUT2D eigenvalue weighted by molar-refractivity contribution is 5.73. The second kappa shape index (κ2) is 3.21. The third-order valence-electron chi connectivity index (χ3n) is 2.31. The first-order valence-electron chi connectivity index (χ1n) is 4.44. The summed E-state index contributed by atoms with van der Waals surface area (Å²) in [7, 11) is 0. The molecular formula is C10H11NO3. The summed E-state index contributed by atoms with van der Waals surface area (Å²) in [5.74, 6) is -0.318. The molecular weight excluding hydrogens is 182 g/mol. The number of rotatable bonds is 1. The smallest absolute Gasteiger partial charge is 0.344 e. The van der Waals surface area contributed by atoms with Crippen LogP contribution < -0.4 is 10.5 Å². The summed E-state index contributed by atoms with van der Waals surface area (Å²) in [6.45, 7) is 0. The summed E-state index contributed by atoms with van der Waals surface area (Å²) in [6, 6.07) is 5.34. The van der Waals surface area contributed by atoms with E-state index in [4.69, 9.17) is 15.6 Å². The first kappa shape index (κ1) is 8.87. The Hall–Kier alpha value is -1.71. The van der Waals surface area contributed by atoms with Gasteiger partial charge in [0.25, 0.3) is 0 Å². The van der Waals surface area contributed by atoms with Crippen molar-refractivity contribution in [2.75, 3.05) is 5.73 Å².